The van der Waals surface area contributed by atoms with Crippen molar-refractivity contribution in [2.45, 2.75) is 43.3 Å². The van der Waals surface area contributed by atoms with Crippen LogP contribution in [0.4, 0.5) is 0 Å². The summed E-state index contributed by atoms with van der Waals surface area (Å²) >= 11 is 5.00. The third-order valence-electron chi connectivity index (χ3n) is 3.04. The Kier molecular flexibility index (Phi) is 5.51. The first kappa shape index (κ1) is 15.4. The lowest BCUT2D eigenvalue weighted by Gasteiger charge is -2.13. The summed E-state index contributed by atoms with van der Waals surface area (Å²) in [4.78, 5) is 4.35. The molecular formula is C14H17BrN4S. The van der Waals surface area contributed by atoms with Gasteiger partial charge in [-0.3, -0.25) is 0 Å². The van der Waals surface area contributed by atoms with Crippen molar-refractivity contribution in [1.29, 1.82) is 0 Å². The molecule has 0 aliphatic carbocycles. The van der Waals surface area contributed by atoms with Gasteiger partial charge in [-0.25, -0.2) is 4.98 Å². The van der Waals surface area contributed by atoms with Crippen LogP contribution in [0.25, 0.3) is 0 Å². The van der Waals surface area contributed by atoms with E-state index in [9.17, 15) is 0 Å². The van der Waals surface area contributed by atoms with Gasteiger partial charge >= 0.3 is 0 Å². The number of rotatable bonds is 5. The van der Waals surface area contributed by atoms with Crippen LogP contribution in [0.1, 0.15) is 30.7 Å². The minimum absolute atomic E-state index is 0.471. The lowest BCUT2D eigenvalue weighted by Crippen LogP contribution is -2.10. The lowest BCUT2D eigenvalue weighted by atomic mass is 10.0. The van der Waals surface area contributed by atoms with E-state index < -0.39 is 0 Å². The molecule has 0 amide bonds. The van der Waals surface area contributed by atoms with Gasteiger partial charge in [0.25, 0.3) is 0 Å². The Morgan fingerprint density at radius 3 is 2.55 bits per heavy atom. The van der Waals surface area contributed by atoms with E-state index >= 15 is 0 Å². The Bertz CT molecular complexity index is 604. The van der Waals surface area contributed by atoms with Gasteiger partial charge in [-0.15, -0.1) is 5.10 Å². The molecule has 0 fully saturated rings. The van der Waals surface area contributed by atoms with E-state index in [0.717, 1.165) is 38.6 Å². The molecule has 2 heterocycles. The molecule has 0 unspecified atom stereocenters. The van der Waals surface area contributed by atoms with Crippen LogP contribution in [-0.2, 0) is 19.4 Å². The molecule has 106 valence electrons. The van der Waals surface area contributed by atoms with Crippen molar-refractivity contribution < 1.29 is 0 Å². The van der Waals surface area contributed by atoms with Gasteiger partial charge in [-0.2, -0.15) is 5.10 Å². The Morgan fingerprint density at radius 2 is 1.95 bits per heavy atom. The van der Waals surface area contributed by atoms with Crippen molar-refractivity contribution in [2.75, 3.05) is 0 Å². The van der Waals surface area contributed by atoms with E-state index in [1.54, 1.807) is 6.20 Å². The molecule has 0 aromatic carbocycles. The SMILES string of the molecule is CCc1nnc(Sc2ncccc2Br)c(CN)c1CC. The molecule has 4 nitrogen and oxygen atoms in total. The first-order valence-corrected chi connectivity index (χ1v) is 8.17. The van der Waals surface area contributed by atoms with E-state index in [-0.39, 0.29) is 0 Å². The van der Waals surface area contributed by atoms with Gasteiger partial charge in [0, 0.05) is 18.3 Å². The third kappa shape index (κ3) is 3.19. The molecule has 0 saturated heterocycles. The summed E-state index contributed by atoms with van der Waals surface area (Å²) in [7, 11) is 0. The lowest BCUT2D eigenvalue weighted by molar-refractivity contribution is 0.781. The number of aromatic nitrogens is 3. The van der Waals surface area contributed by atoms with Crippen LogP contribution in [0.15, 0.2) is 32.9 Å². The van der Waals surface area contributed by atoms with Crippen LogP contribution in [0.5, 0.6) is 0 Å². The van der Waals surface area contributed by atoms with E-state index in [1.807, 2.05) is 12.1 Å². The third-order valence-corrected chi connectivity index (χ3v) is 4.99. The zero-order valence-electron chi connectivity index (χ0n) is 11.6. The quantitative estimate of drug-likeness (QED) is 0.893. The zero-order valence-corrected chi connectivity index (χ0v) is 14.0. The van der Waals surface area contributed by atoms with Crippen LogP contribution in [0.3, 0.4) is 0 Å². The predicted molar refractivity (Wildman–Crippen MR) is 84.7 cm³/mol. The van der Waals surface area contributed by atoms with Crippen molar-refractivity contribution in [3.05, 3.63) is 39.6 Å². The van der Waals surface area contributed by atoms with E-state index in [0.29, 0.717) is 6.54 Å². The van der Waals surface area contributed by atoms with Crippen LogP contribution in [-0.4, -0.2) is 15.2 Å². The number of hydrogen-bond donors (Lipinski definition) is 1. The van der Waals surface area contributed by atoms with Crippen LogP contribution >= 0.6 is 27.7 Å². The van der Waals surface area contributed by atoms with Crippen molar-refractivity contribution in [3.8, 4) is 0 Å². The maximum Gasteiger partial charge on any atom is 0.130 e. The summed E-state index contributed by atoms with van der Waals surface area (Å²) in [6, 6.07) is 3.85. The molecule has 0 bridgehead atoms. The van der Waals surface area contributed by atoms with Gasteiger partial charge in [-0.1, -0.05) is 13.8 Å². The fraction of sp³-hybridized carbons (Fsp3) is 0.357. The van der Waals surface area contributed by atoms with Crippen LogP contribution in [0.2, 0.25) is 0 Å². The number of aryl methyl sites for hydroxylation is 1. The van der Waals surface area contributed by atoms with Crippen LogP contribution < -0.4 is 5.73 Å². The Hall–Kier alpha value is -0.980. The van der Waals surface area contributed by atoms with Crippen molar-refractivity contribution in [2.24, 2.45) is 5.73 Å². The number of pyridine rings is 1. The molecule has 0 aliphatic heterocycles. The number of halogens is 1. The van der Waals surface area contributed by atoms with Gasteiger partial charge < -0.3 is 5.73 Å². The summed E-state index contributed by atoms with van der Waals surface area (Å²) in [6.07, 6.45) is 3.56. The zero-order chi connectivity index (χ0) is 14.5. The smallest absolute Gasteiger partial charge is 0.130 e. The summed E-state index contributed by atoms with van der Waals surface area (Å²) < 4.78 is 0.951. The summed E-state index contributed by atoms with van der Waals surface area (Å²) in [5, 5.41) is 10.4. The van der Waals surface area contributed by atoms with Gasteiger partial charge in [0.2, 0.25) is 0 Å². The first-order chi connectivity index (χ1) is 9.71. The Morgan fingerprint density at radius 1 is 1.15 bits per heavy atom. The van der Waals surface area contributed by atoms with E-state index in [1.165, 1.54) is 17.3 Å². The summed E-state index contributed by atoms with van der Waals surface area (Å²) in [5.74, 6) is 0. The normalized spacial score (nSPS) is 10.8. The van der Waals surface area contributed by atoms with Crippen molar-refractivity contribution >= 4 is 27.7 Å². The molecule has 0 spiro atoms. The Balaban J connectivity index is 2.44. The molecule has 0 aliphatic rings. The molecule has 0 saturated carbocycles. The average Bonchev–Trinajstić information content (AvgIpc) is 2.48. The van der Waals surface area contributed by atoms with Crippen LogP contribution in [0, 0.1) is 0 Å². The second kappa shape index (κ2) is 7.15. The summed E-state index contributed by atoms with van der Waals surface area (Å²) in [5.41, 5.74) is 9.28. The van der Waals surface area contributed by atoms with Crippen molar-refractivity contribution in [1.82, 2.24) is 15.2 Å². The second-order valence-corrected chi connectivity index (χ2v) is 6.04. The molecule has 2 aromatic rings. The van der Waals surface area contributed by atoms with Gasteiger partial charge in [0.05, 0.1) is 10.2 Å². The highest BCUT2D eigenvalue weighted by Crippen LogP contribution is 2.33. The van der Waals surface area contributed by atoms with Gasteiger partial charge in [0.15, 0.2) is 0 Å². The summed E-state index contributed by atoms with van der Waals surface area (Å²) in [6.45, 7) is 4.69. The molecular weight excluding hydrogens is 336 g/mol. The highest BCUT2D eigenvalue weighted by Gasteiger charge is 2.15. The monoisotopic (exact) mass is 352 g/mol. The van der Waals surface area contributed by atoms with Crippen molar-refractivity contribution in [3.63, 3.8) is 0 Å². The molecule has 0 radical (unpaired) electrons. The maximum atomic E-state index is 5.93. The Labute approximate surface area is 131 Å². The predicted octanol–water partition coefficient (Wildman–Crippen LogP) is 3.37. The largest absolute Gasteiger partial charge is 0.326 e. The molecule has 20 heavy (non-hydrogen) atoms. The molecule has 0 atom stereocenters. The second-order valence-electron chi connectivity index (χ2n) is 4.21. The number of nitrogens with two attached hydrogens (primary N) is 1. The standard InChI is InChI=1S/C14H17BrN4S/c1-3-9-10(8-16)13(19-18-12(9)4-2)20-14-11(15)6-5-7-17-14/h5-7H,3-4,8,16H2,1-2H3. The maximum absolute atomic E-state index is 5.93. The molecule has 2 N–H and O–H groups in total. The first-order valence-electron chi connectivity index (χ1n) is 6.56. The number of hydrogen-bond acceptors (Lipinski definition) is 5. The van der Waals surface area contributed by atoms with E-state index in [2.05, 4.69) is 45.0 Å². The van der Waals surface area contributed by atoms with Gasteiger partial charge in [-0.05, 0) is 58.2 Å². The fourth-order valence-corrected chi connectivity index (χ4v) is 3.43. The van der Waals surface area contributed by atoms with E-state index in [4.69, 9.17) is 5.73 Å². The topological polar surface area (TPSA) is 64.7 Å². The molecule has 2 aromatic heterocycles. The average molecular weight is 353 g/mol. The number of nitrogens with zero attached hydrogens (tertiary/aromatic N) is 3. The fourth-order valence-electron chi connectivity index (χ4n) is 2.06. The van der Waals surface area contributed by atoms with Gasteiger partial charge in [0.1, 0.15) is 10.1 Å². The molecule has 2 rings (SSSR count). The highest BCUT2D eigenvalue weighted by molar-refractivity contribution is 9.10. The minimum Gasteiger partial charge on any atom is -0.326 e. The molecule has 6 heteroatoms. The minimum atomic E-state index is 0.471. The highest BCUT2D eigenvalue weighted by atomic mass is 79.9.